The molecule has 0 aliphatic heterocycles. The lowest BCUT2D eigenvalue weighted by atomic mass is 10.1. The summed E-state index contributed by atoms with van der Waals surface area (Å²) in [5.74, 6) is -0.970. The number of hydrogen-bond acceptors (Lipinski definition) is 8. The van der Waals surface area contributed by atoms with Gasteiger partial charge in [0.25, 0.3) is 7.82 Å². The van der Waals surface area contributed by atoms with Gasteiger partial charge in [-0.25, -0.2) is 0 Å². The number of nitrogens with zero attached hydrogens (tertiary/aromatic N) is 1. The molecule has 0 saturated heterocycles. The fourth-order valence-electron chi connectivity index (χ4n) is 5.27. The van der Waals surface area contributed by atoms with E-state index >= 15 is 0 Å². The Morgan fingerprint density at radius 1 is 0.533 bits per heavy atom. The van der Waals surface area contributed by atoms with Gasteiger partial charge in [-0.3, -0.25) is 14.2 Å². The van der Waals surface area contributed by atoms with Crippen molar-refractivity contribution < 1.29 is 42.1 Å². The predicted molar refractivity (Wildman–Crippen MR) is 249 cm³/mol. The summed E-state index contributed by atoms with van der Waals surface area (Å²) in [6, 6.07) is 0. The van der Waals surface area contributed by atoms with E-state index < -0.39 is 32.5 Å². The molecule has 0 bridgehead atoms. The standard InChI is InChI=1S/C50H82NO8P/c1-6-8-10-12-14-16-18-20-22-24-25-27-29-31-33-35-37-39-41-43-50(53)59-48(47-58-60(54,55)57-45-44-51(3,4)5)46-56-49(52)42-40-38-36-34-32-30-28-26-23-21-19-17-15-13-11-9-7-2/h8,10,14-17,20-23,25,27-28,30-31,33,37,39,48H,6-7,9,11-13,18-19,24,26,29,32,34-36,38,40-47H2,1-5H3/b10-8+,16-14+,17-15+,22-20+,23-21+,27-25+,30-28+,33-31+,39-37+/t48-/m1/s1. The Hall–Kier alpha value is -3.33. The minimum Gasteiger partial charge on any atom is -0.756 e. The fraction of sp³-hybridized carbons (Fsp3) is 0.600. The van der Waals surface area contributed by atoms with E-state index in [9.17, 15) is 19.0 Å². The maximum absolute atomic E-state index is 12.7. The first-order valence-corrected chi connectivity index (χ1v) is 24.1. The van der Waals surface area contributed by atoms with Crippen LogP contribution >= 0.6 is 7.82 Å². The molecule has 0 aromatic rings. The highest BCUT2D eigenvalue weighted by Crippen LogP contribution is 2.38. The highest BCUT2D eigenvalue weighted by Gasteiger charge is 2.21. The highest BCUT2D eigenvalue weighted by atomic mass is 31.2. The van der Waals surface area contributed by atoms with Crippen LogP contribution in [0.1, 0.15) is 142 Å². The number of quaternary nitrogens is 1. The number of esters is 2. The monoisotopic (exact) mass is 856 g/mol. The van der Waals surface area contributed by atoms with Crippen LogP contribution in [0.3, 0.4) is 0 Å². The van der Waals surface area contributed by atoms with Gasteiger partial charge in [-0.15, -0.1) is 0 Å². The molecule has 0 aliphatic rings. The van der Waals surface area contributed by atoms with Crippen LogP contribution < -0.4 is 4.89 Å². The van der Waals surface area contributed by atoms with E-state index in [0.29, 0.717) is 23.9 Å². The number of likely N-dealkylation sites (N-methyl/N-ethyl adjacent to an activating group) is 1. The summed E-state index contributed by atoms with van der Waals surface area (Å²) in [7, 11) is 1.08. The number of carbonyl (C=O) groups excluding carboxylic acids is 2. The van der Waals surface area contributed by atoms with Crippen molar-refractivity contribution in [3.8, 4) is 0 Å². The molecule has 0 radical (unpaired) electrons. The van der Waals surface area contributed by atoms with Gasteiger partial charge in [-0.2, -0.15) is 0 Å². The van der Waals surface area contributed by atoms with Gasteiger partial charge in [-0.05, 0) is 89.9 Å². The van der Waals surface area contributed by atoms with Gasteiger partial charge in [-0.1, -0.05) is 149 Å². The average molecular weight is 856 g/mol. The summed E-state index contributed by atoms with van der Waals surface area (Å²) in [4.78, 5) is 37.5. The summed E-state index contributed by atoms with van der Waals surface area (Å²) in [6.07, 6.45) is 55.6. The minimum absolute atomic E-state index is 0.0549. The molecule has 0 saturated carbocycles. The lowest BCUT2D eigenvalue weighted by molar-refractivity contribution is -0.870. The summed E-state index contributed by atoms with van der Waals surface area (Å²) in [6.45, 7) is 3.94. The smallest absolute Gasteiger partial charge is 0.306 e. The maximum Gasteiger partial charge on any atom is 0.306 e. The van der Waals surface area contributed by atoms with Crippen LogP contribution in [0.15, 0.2) is 109 Å². The molecule has 0 aliphatic carbocycles. The van der Waals surface area contributed by atoms with Crippen molar-refractivity contribution >= 4 is 19.8 Å². The summed E-state index contributed by atoms with van der Waals surface area (Å²) >= 11 is 0. The molecular weight excluding hydrogens is 774 g/mol. The summed E-state index contributed by atoms with van der Waals surface area (Å²) < 4.78 is 33.8. The molecule has 2 atom stereocenters. The van der Waals surface area contributed by atoms with Gasteiger partial charge >= 0.3 is 11.9 Å². The van der Waals surface area contributed by atoms with E-state index in [4.69, 9.17) is 18.5 Å². The molecule has 0 aromatic heterocycles. The third kappa shape index (κ3) is 44.2. The average Bonchev–Trinajstić information content (AvgIpc) is 3.20. The van der Waals surface area contributed by atoms with Crippen LogP contribution in [0.2, 0.25) is 0 Å². The second-order valence-corrected chi connectivity index (χ2v) is 17.1. The molecule has 60 heavy (non-hydrogen) atoms. The van der Waals surface area contributed by atoms with E-state index in [1.165, 1.54) is 25.7 Å². The zero-order chi connectivity index (χ0) is 44.3. The fourth-order valence-corrected chi connectivity index (χ4v) is 6.00. The number of carbonyl (C=O) groups is 2. The number of unbranched alkanes of at least 4 members (excludes halogenated alkanes) is 7. The Kier molecular flexibility index (Phi) is 38.8. The van der Waals surface area contributed by atoms with Gasteiger partial charge in [0.15, 0.2) is 6.10 Å². The van der Waals surface area contributed by atoms with Crippen LogP contribution in [-0.4, -0.2) is 70.0 Å². The number of phosphoric ester groups is 1. The number of allylic oxidation sites excluding steroid dienone is 18. The zero-order valence-corrected chi connectivity index (χ0v) is 39.0. The van der Waals surface area contributed by atoms with Crippen molar-refractivity contribution in [2.24, 2.45) is 0 Å². The topological polar surface area (TPSA) is 111 Å². The largest absolute Gasteiger partial charge is 0.756 e. The van der Waals surface area contributed by atoms with Crippen molar-refractivity contribution in [2.75, 3.05) is 47.5 Å². The van der Waals surface area contributed by atoms with Crippen LogP contribution in [0.4, 0.5) is 0 Å². The first kappa shape index (κ1) is 56.7. The van der Waals surface area contributed by atoms with Gasteiger partial charge in [0, 0.05) is 12.8 Å². The molecule has 0 heterocycles. The Balaban J connectivity index is 4.54. The molecule has 0 fully saturated rings. The van der Waals surface area contributed by atoms with Gasteiger partial charge in [0.2, 0.25) is 0 Å². The van der Waals surface area contributed by atoms with Gasteiger partial charge in [0.05, 0.1) is 27.7 Å². The number of ether oxygens (including phenoxy) is 2. The Bertz CT molecular complexity index is 1380. The van der Waals surface area contributed by atoms with Crippen molar-refractivity contribution in [1.82, 2.24) is 0 Å². The molecule has 0 aromatic carbocycles. The van der Waals surface area contributed by atoms with E-state index in [2.05, 4.69) is 111 Å². The molecule has 0 amide bonds. The second-order valence-electron chi connectivity index (χ2n) is 15.7. The third-order valence-electron chi connectivity index (χ3n) is 8.79. The first-order valence-electron chi connectivity index (χ1n) is 22.6. The normalized spacial score (nSPS) is 14.6. The minimum atomic E-state index is -4.66. The molecule has 9 nitrogen and oxygen atoms in total. The van der Waals surface area contributed by atoms with Gasteiger partial charge in [0.1, 0.15) is 19.8 Å². The molecule has 0 N–H and O–H groups in total. The van der Waals surface area contributed by atoms with Crippen LogP contribution in [0.25, 0.3) is 0 Å². The molecule has 1 unspecified atom stereocenters. The predicted octanol–water partition coefficient (Wildman–Crippen LogP) is 12.5. The second kappa shape index (κ2) is 41.0. The quantitative estimate of drug-likeness (QED) is 0.0198. The van der Waals surface area contributed by atoms with Crippen molar-refractivity contribution in [2.45, 2.75) is 148 Å². The summed E-state index contributed by atoms with van der Waals surface area (Å²) in [5.41, 5.74) is 0. The van der Waals surface area contributed by atoms with Crippen LogP contribution in [-0.2, 0) is 32.7 Å². The Morgan fingerprint density at radius 3 is 1.47 bits per heavy atom. The third-order valence-corrected chi connectivity index (χ3v) is 9.75. The van der Waals surface area contributed by atoms with Crippen molar-refractivity contribution in [3.63, 3.8) is 0 Å². The molecule has 10 heteroatoms. The lowest BCUT2D eigenvalue weighted by Crippen LogP contribution is -2.37. The lowest BCUT2D eigenvalue weighted by Gasteiger charge is -2.28. The Morgan fingerprint density at radius 2 is 0.983 bits per heavy atom. The van der Waals surface area contributed by atoms with E-state index in [-0.39, 0.29) is 26.1 Å². The van der Waals surface area contributed by atoms with Gasteiger partial charge < -0.3 is 27.9 Å². The van der Waals surface area contributed by atoms with E-state index in [1.807, 2.05) is 33.3 Å². The maximum atomic E-state index is 12.7. The first-order chi connectivity index (χ1) is 29.0. The molecular formula is C50H82NO8P. The van der Waals surface area contributed by atoms with Crippen molar-refractivity contribution in [3.05, 3.63) is 109 Å². The summed E-state index contributed by atoms with van der Waals surface area (Å²) in [5, 5.41) is 0. The molecule has 0 rings (SSSR count). The highest BCUT2D eigenvalue weighted by molar-refractivity contribution is 7.45. The SMILES string of the molecule is CC/C=C/C/C=C/C/C=C/C/C=C/C/C=C/C/C=C/CCC(=O)O[C@H](COC(=O)CCCCCC/C=C/C/C=C/C/C=C/CCCCC)COP(=O)([O-])OCC[N+](C)(C)C. The molecule has 340 valence electrons. The Labute approximate surface area is 366 Å². The zero-order valence-electron chi connectivity index (χ0n) is 38.1. The number of rotatable bonds is 39. The number of hydrogen-bond donors (Lipinski definition) is 0. The van der Waals surface area contributed by atoms with Crippen molar-refractivity contribution in [1.29, 1.82) is 0 Å². The number of phosphoric acid groups is 1. The van der Waals surface area contributed by atoms with E-state index in [1.54, 1.807) is 0 Å². The molecule has 0 spiro atoms. The van der Waals surface area contributed by atoms with Crippen LogP contribution in [0.5, 0.6) is 0 Å². The van der Waals surface area contributed by atoms with Crippen LogP contribution in [0, 0.1) is 0 Å². The van der Waals surface area contributed by atoms with E-state index in [0.717, 1.165) is 77.0 Å².